The molecule has 1 unspecified atom stereocenters. The highest BCUT2D eigenvalue weighted by Crippen LogP contribution is 2.32. The topological polar surface area (TPSA) is 57.9 Å². The molecule has 2 aromatic rings. The zero-order chi connectivity index (χ0) is 15.4. The second-order valence-electron chi connectivity index (χ2n) is 4.25. The number of hydrogen-bond donors (Lipinski definition) is 0. The van der Waals surface area contributed by atoms with Crippen LogP contribution in [0.1, 0.15) is 29.3 Å². The first-order valence-electron chi connectivity index (χ1n) is 6.23. The van der Waals surface area contributed by atoms with Crippen LogP contribution in [0.15, 0.2) is 39.2 Å². The number of rotatable bonds is 5. The maximum atomic E-state index is 11.4. The first kappa shape index (κ1) is 15.4. The maximum absolute atomic E-state index is 11.4. The van der Waals surface area contributed by atoms with E-state index >= 15 is 0 Å². The first-order chi connectivity index (χ1) is 10.0. The van der Waals surface area contributed by atoms with Crippen LogP contribution in [0.5, 0.6) is 11.5 Å². The van der Waals surface area contributed by atoms with E-state index < -0.39 is 5.97 Å². The van der Waals surface area contributed by atoms with Crippen molar-refractivity contribution in [2.24, 2.45) is 0 Å². The summed E-state index contributed by atoms with van der Waals surface area (Å²) in [6.45, 7) is 1.83. The normalized spacial score (nSPS) is 11.8. The number of benzene rings is 1. The van der Waals surface area contributed by atoms with Crippen molar-refractivity contribution in [3.05, 3.63) is 46.3 Å². The number of furan rings is 1. The molecule has 2 rings (SSSR count). The third-order valence-corrected chi connectivity index (χ3v) is 3.48. The van der Waals surface area contributed by atoms with Gasteiger partial charge in [-0.15, -0.1) is 0 Å². The number of esters is 1. The van der Waals surface area contributed by atoms with E-state index in [-0.39, 0.29) is 11.9 Å². The molecular weight excluding hydrogens is 340 g/mol. The molecule has 1 aromatic heterocycles. The summed E-state index contributed by atoms with van der Waals surface area (Å²) < 4.78 is 21.7. The Labute approximate surface area is 130 Å². The lowest BCUT2D eigenvalue weighted by molar-refractivity contribution is 0.0558. The third kappa shape index (κ3) is 3.58. The predicted molar refractivity (Wildman–Crippen MR) is 79.8 cm³/mol. The van der Waals surface area contributed by atoms with Gasteiger partial charge < -0.3 is 18.6 Å². The Balaban J connectivity index is 2.12. The average Bonchev–Trinajstić information content (AvgIpc) is 2.98. The van der Waals surface area contributed by atoms with E-state index in [2.05, 4.69) is 20.7 Å². The van der Waals surface area contributed by atoms with Crippen LogP contribution >= 0.6 is 15.9 Å². The highest BCUT2D eigenvalue weighted by Gasteiger charge is 2.17. The SMILES string of the molecule is COC(=O)c1ccc(C(C)Oc2ccc(OC)cc2Br)o1. The van der Waals surface area contributed by atoms with Gasteiger partial charge >= 0.3 is 5.97 Å². The van der Waals surface area contributed by atoms with E-state index in [1.54, 1.807) is 31.4 Å². The van der Waals surface area contributed by atoms with Crippen molar-refractivity contribution in [2.45, 2.75) is 13.0 Å². The largest absolute Gasteiger partial charge is 0.497 e. The minimum absolute atomic E-state index is 0.150. The monoisotopic (exact) mass is 354 g/mol. The van der Waals surface area contributed by atoms with E-state index in [9.17, 15) is 4.79 Å². The highest BCUT2D eigenvalue weighted by molar-refractivity contribution is 9.10. The van der Waals surface area contributed by atoms with Gasteiger partial charge in [0.15, 0.2) is 6.10 Å². The lowest BCUT2D eigenvalue weighted by atomic mass is 10.3. The predicted octanol–water partition coefficient (Wildman–Crippen LogP) is 3.98. The summed E-state index contributed by atoms with van der Waals surface area (Å²) in [6.07, 6.45) is -0.354. The van der Waals surface area contributed by atoms with Crippen LogP contribution in [0, 0.1) is 0 Å². The summed E-state index contributed by atoms with van der Waals surface area (Å²) in [5, 5.41) is 0. The number of halogens is 1. The van der Waals surface area contributed by atoms with Crippen molar-refractivity contribution in [3.63, 3.8) is 0 Å². The molecule has 6 heteroatoms. The summed E-state index contributed by atoms with van der Waals surface area (Å²) >= 11 is 3.42. The Morgan fingerprint density at radius 2 is 2.00 bits per heavy atom. The van der Waals surface area contributed by atoms with E-state index in [4.69, 9.17) is 13.9 Å². The van der Waals surface area contributed by atoms with Gasteiger partial charge in [0.1, 0.15) is 17.3 Å². The van der Waals surface area contributed by atoms with Crippen LogP contribution in [0.4, 0.5) is 0 Å². The fraction of sp³-hybridized carbons (Fsp3) is 0.267. The molecule has 0 fully saturated rings. The molecule has 0 radical (unpaired) electrons. The fourth-order valence-corrected chi connectivity index (χ4v) is 2.19. The van der Waals surface area contributed by atoms with Crippen LogP contribution in [-0.2, 0) is 4.74 Å². The maximum Gasteiger partial charge on any atom is 0.373 e. The van der Waals surface area contributed by atoms with Gasteiger partial charge in [-0.3, -0.25) is 0 Å². The molecule has 0 spiro atoms. The second-order valence-corrected chi connectivity index (χ2v) is 5.10. The smallest absolute Gasteiger partial charge is 0.373 e. The lowest BCUT2D eigenvalue weighted by Crippen LogP contribution is -2.03. The van der Waals surface area contributed by atoms with Gasteiger partial charge in [0.2, 0.25) is 5.76 Å². The van der Waals surface area contributed by atoms with E-state index in [1.165, 1.54) is 7.11 Å². The highest BCUT2D eigenvalue weighted by atomic mass is 79.9. The molecule has 1 heterocycles. The molecule has 21 heavy (non-hydrogen) atoms. The van der Waals surface area contributed by atoms with Gasteiger partial charge in [-0.2, -0.15) is 0 Å². The van der Waals surface area contributed by atoms with Crippen LogP contribution in [0.25, 0.3) is 0 Å². The van der Waals surface area contributed by atoms with E-state index in [0.29, 0.717) is 11.5 Å². The molecular formula is C15H15BrO5. The Morgan fingerprint density at radius 1 is 1.24 bits per heavy atom. The molecule has 0 amide bonds. The van der Waals surface area contributed by atoms with E-state index in [1.807, 2.05) is 13.0 Å². The average molecular weight is 355 g/mol. The lowest BCUT2D eigenvalue weighted by Gasteiger charge is -2.14. The molecule has 112 valence electrons. The van der Waals surface area contributed by atoms with Gasteiger partial charge in [0, 0.05) is 0 Å². The summed E-state index contributed by atoms with van der Waals surface area (Å²) in [5.41, 5.74) is 0. The van der Waals surface area contributed by atoms with Crippen molar-refractivity contribution in [1.29, 1.82) is 0 Å². The Hall–Kier alpha value is -1.95. The number of carbonyl (C=O) groups excluding carboxylic acids is 1. The van der Waals surface area contributed by atoms with Gasteiger partial charge in [-0.1, -0.05) is 0 Å². The van der Waals surface area contributed by atoms with Crippen molar-refractivity contribution < 1.29 is 23.4 Å². The van der Waals surface area contributed by atoms with Gasteiger partial charge in [0.25, 0.3) is 0 Å². The molecule has 0 bridgehead atoms. The Bertz CT molecular complexity index is 635. The summed E-state index contributed by atoms with van der Waals surface area (Å²) in [6, 6.07) is 8.65. The fourth-order valence-electron chi connectivity index (χ4n) is 1.73. The van der Waals surface area contributed by atoms with Gasteiger partial charge in [-0.05, 0) is 53.2 Å². The molecule has 0 aliphatic heterocycles. The third-order valence-electron chi connectivity index (χ3n) is 2.86. The molecule has 0 aliphatic carbocycles. The van der Waals surface area contributed by atoms with Crippen molar-refractivity contribution in [3.8, 4) is 11.5 Å². The van der Waals surface area contributed by atoms with Crippen molar-refractivity contribution in [1.82, 2.24) is 0 Å². The zero-order valence-corrected chi connectivity index (χ0v) is 13.5. The molecule has 0 saturated carbocycles. The van der Waals surface area contributed by atoms with Crippen LogP contribution in [-0.4, -0.2) is 20.2 Å². The number of carbonyl (C=O) groups is 1. The zero-order valence-electron chi connectivity index (χ0n) is 11.9. The van der Waals surface area contributed by atoms with Crippen LogP contribution in [0.2, 0.25) is 0 Å². The minimum atomic E-state index is -0.515. The second kappa shape index (κ2) is 6.67. The summed E-state index contributed by atoms with van der Waals surface area (Å²) in [4.78, 5) is 11.4. The van der Waals surface area contributed by atoms with Gasteiger partial charge in [-0.25, -0.2) is 4.79 Å². The number of hydrogen-bond acceptors (Lipinski definition) is 5. The molecule has 5 nitrogen and oxygen atoms in total. The summed E-state index contributed by atoms with van der Waals surface area (Å²) in [7, 11) is 2.90. The first-order valence-corrected chi connectivity index (χ1v) is 7.02. The Morgan fingerprint density at radius 3 is 2.62 bits per heavy atom. The molecule has 0 N–H and O–H groups in total. The molecule has 0 saturated heterocycles. The molecule has 0 aliphatic rings. The standard InChI is InChI=1S/C15H15BrO5/c1-9(12-6-7-14(21-12)15(17)19-3)20-13-5-4-10(18-2)8-11(13)16/h4-9H,1-3H3. The van der Waals surface area contributed by atoms with Crippen molar-refractivity contribution >= 4 is 21.9 Å². The number of methoxy groups -OCH3 is 2. The van der Waals surface area contributed by atoms with Crippen LogP contribution in [0.3, 0.4) is 0 Å². The minimum Gasteiger partial charge on any atom is -0.497 e. The molecule has 1 aromatic carbocycles. The van der Waals surface area contributed by atoms with Crippen LogP contribution < -0.4 is 9.47 Å². The van der Waals surface area contributed by atoms with Gasteiger partial charge in [0.05, 0.1) is 18.7 Å². The Kier molecular flexibility index (Phi) is 4.90. The summed E-state index contributed by atoms with van der Waals surface area (Å²) in [5.74, 6) is 1.56. The number of ether oxygens (including phenoxy) is 3. The molecule has 1 atom stereocenters. The quantitative estimate of drug-likeness (QED) is 0.760. The van der Waals surface area contributed by atoms with Crippen molar-refractivity contribution in [2.75, 3.05) is 14.2 Å². The van der Waals surface area contributed by atoms with E-state index in [0.717, 1.165) is 10.2 Å².